The molecule has 0 fully saturated rings. The van der Waals surface area contributed by atoms with Crippen molar-refractivity contribution in [3.05, 3.63) is 50.7 Å². The number of rotatable bonds is 1. The van der Waals surface area contributed by atoms with Gasteiger partial charge in [-0.2, -0.15) is 5.10 Å². The Morgan fingerprint density at radius 1 is 1.13 bits per heavy atom. The normalized spacial score (nSPS) is 10.3. The number of halogens is 2. The molecule has 0 unspecified atom stereocenters. The van der Waals surface area contributed by atoms with Crippen molar-refractivity contribution in [2.24, 2.45) is 0 Å². The lowest BCUT2D eigenvalue weighted by atomic mass is 10.1. The first-order valence-corrected chi connectivity index (χ1v) is 4.93. The number of benzene rings is 1. The van der Waals surface area contributed by atoms with Gasteiger partial charge in [0.05, 0.1) is 0 Å². The van der Waals surface area contributed by atoms with Crippen LogP contribution in [0.25, 0.3) is 11.3 Å². The van der Waals surface area contributed by atoms with Crippen LogP contribution in [0.1, 0.15) is 0 Å². The summed E-state index contributed by atoms with van der Waals surface area (Å²) in [5, 5.41) is 7.24. The SMILES string of the molecule is O=c1cc(Cl)[nH]nc1-c1ccc(Cl)cc1. The van der Waals surface area contributed by atoms with Gasteiger partial charge in [0.2, 0.25) is 5.43 Å². The van der Waals surface area contributed by atoms with Crippen LogP contribution in [0.15, 0.2) is 35.1 Å². The number of aromatic nitrogens is 2. The van der Waals surface area contributed by atoms with Gasteiger partial charge in [0, 0.05) is 16.7 Å². The molecule has 2 aromatic rings. The maximum absolute atomic E-state index is 11.5. The van der Waals surface area contributed by atoms with Crippen molar-refractivity contribution in [2.45, 2.75) is 0 Å². The van der Waals surface area contributed by atoms with Gasteiger partial charge in [0.1, 0.15) is 10.8 Å². The quantitative estimate of drug-likeness (QED) is 0.834. The summed E-state index contributed by atoms with van der Waals surface area (Å²) >= 11 is 11.3. The zero-order chi connectivity index (χ0) is 10.8. The fraction of sp³-hybridized carbons (Fsp3) is 0. The fourth-order valence-electron chi connectivity index (χ4n) is 1.19. The summed E-state index contributed by atoms with van der Waals surface area (Å²) in [6.45, 7) is 0. The molecule has 0 aliphatic heterocycles. The van der Waals surface area contributed by atoms with E-state index < -0.39 is 0 Å². The predicted octanol–water partition coefficient (Wildman–Crippen LogP) is 2.74. The van der Waals surface area contributed by atoms with E-state index in [2.05, 4.69) is 10.2 Å². The Labute approximate surface area is 95.7 Å². The molecule has 0 atom stereocenters. The predicted molar refractivity (Wildman–Crippen MR) is 60.3 cm³/mol. The average molecular weight is 241 g/mol. The fourth-order valence-corrected chi connectivity index (χ4v) is 1.46. The second kappa shape index (κ2) is 4.04. The summed E-state index contributed by atoms with van der Waals surface area (Å²) < 4.78 is 0. The monoisotopic (exact) mass is 240 g/mol. The third kappa shape index (κ3) is 2.19. The van der Waals surface area contributed by atoms with Crippen molar-refractivity contribution in [1.82, 2.24) is 10.2 Å². The van der Waals surface area contributed by atoms with Crippen molar-refractivity contribution in [3.8, 4) is 11.3 Å². The summed E-state index contributed by atoms with van der Waals surface area (Å²) in [5.41, 5.74) is 0.814. The minimum atomic E-state index is -0.221. The first kappa shape index (κ1) is 10.2. The maximum atomic E-state index is 11.5. The molecule has 2 rings (SSSR count). The van der Waals surface area contributed by atoms with Gasteiger partial charge in [-0.3, -0.25) is 9.89 Å². The van der Waals surface area contributed by atoms with E-state index in [0.29, 0.717) is 16.3 Å². The highest BCUT2D eigenvalue weighted by atomic mass is 35.5. The average Bonchev–Trinajstić information content (AvgIpc) is 2.20. The third-order valence-corrected chi connectivity index (χ3v) is 2.33. The smallest absolute Gasteiger partial charge is 0.209 e. The summed E-state index contributed by atoms with van der Waals surface area (Å²) in [7, 11) is 0. The van der Waals surface area contributed by atoms with Crippen molar-refractivity contribution in [2.75, 3.05) is 0 Å². The molecule has 15 heavy (non-hydrogen) atoms. The Hall–Kier alpha value is -1.32. The van der Waals surface area contributed by atoms with E-state index in [1.807, 2.05) is 0 Å². The molecular weight excluding hydrogens is 235 g/mol. The molecule has 0 aliphatic rings. The standard InChI is InChI=1S/C10H6Cl2N2O/c11-7-3-1-6(2-4-7)10-8(15)5-9(12)13-14-10/h1-5H,(H,13,15). The van der Waals surface area contributed by atoms with Crippen LogP contribution in [0.2, 0.25) is 10.2 Å². The van der Waals surface area contributed by atoms with Crippen LogP contribution in [0.4, 0.5) is 0 Å². The van der Waals surface area contributed by atoms with Crippen LogP contribution >= 0.6 is 23.2 Å². The molecule has 1 aromatic carbocycles. The Balaban J connectivity index is 2.55. The molecule has 76 valence electrons. The van der Waals surface area contributed by atoms with Crippen LogP contribution in [0, 0.1) is 0 Å². The van der Waals surface area contributed by atoms with E-state index in [9.17, 15) is 4.79 Å². The molecule has 0 radical (unpaired) electrons. The molecule has 1 N–H and O–H groups in total. The largest absolute Gasteiger partial charge is 0.287 e. The molecule has 0 spiro atoms. The lowest BCUT2D eigenvalue weighted by Crippen LogP contribution is -2.07. The van der Waals surface area contributed by atoms with Gasteiger partial charge in [-0.1, -0.05) is 35.3 Å². The Kier molecular flexibility index (Phi) is 2.75. The Morgan fingerprint density at radius 2 is 1.80 bits per heavy atom. The zero-order valence-corrected chi connectivity index (χ0v) is 9.01. The van der Waals surface area contributed by atoms with E-state index in [1.165, 1.54) is 6.07 Å². The second-order valence-corrected chi connectivity index (χ2v) is 3.78. The molecule has 0 bridgehead atoms. The van der Waals surface area contributed by atoms with Crippen molar-refractivity contribution < 1.29 is 0 Å². The third-order valence-electron chi connectivity index (χ3n) is 1.88. The summed E-state index contributed by atoms with van der Waals surface area (Å²) in [6.07, 6.45) is 0. The zero-order valence-electron chi connectivity index (χ0n) is 7.50. The van der Waals surface area contributed by atoms with Crippen LogP contribution in [0.3, 0.4) is 0 Å². The van der Waals surface area contributed by atoms with Crippen molar-refractivity contribution >= 4 is 23.2 Å². The van der Waals surface area contributed by atoms with Crippen LogP contribution in [-0.2, 0) is 0 Å². The molecule has 1 aromatic heterocycles. The molecule has 5 heteroatoms. The number of nitrogens with zero attached hydrogens (tertiary/aromatic N) is 1. The lowest BCUT2D eigenvalue weighted by molar-refractivity contribution is 1.03. The molecular formula is C10H6Cl2N2O. The Bertz CT molecular complexity index is 534. The lowest BCUT2D eigenvalue weighted by Gasteiger charge is -1.99. The molecule has 3 nitrogen and oxygen atoms in total. The number of hydrogen-bond acceptors (Lipinski definition) is 2. The van der Waals surface area contributed by atoms with Gasteiger partial charge in [-0.25, -0.2) is 0 Å². The van der Waals surface area contributed by atoms with Crippen LogP contribution in [0.5, 0.6) is 0 Å². The summed E-state index contributed by atoms with van der Waals surface area (Å²) in [6, 6.07) is 8.15. The van der Waals surface area contributed by atoms with Crippen molar-refractivity contribution in [3.63, 3.8) is 0 Å². The molecule has 1 heterocycles. The van der Waals surface area contributed by atoms with Gasteiger partial charge < -0.3 is 0 Å². The summed E-state index contributed by atoms with van der Waals surface area (Å²) in [5.74, 6) is 0. The maximum Gasteiger partial charge on any atom is 0.209 e. The molecule has 0 amide bonds. The van der Waals surface area contributed by atoms with E-state index in [-0.39, 0.29) is 10.6 Å². The van der Waals surface area contributed by atoms with E-state index in [0.717, 1.165) is 0 Å². The van der Waals surface area contributed by atoms with Gasteiger partial charge in [0.25, 0.3) is 0 Å². The Morgan fingerprint density at radius 3 is 2.40 bits per heavy atom. The van der Waals surface area contributed by atoms with E-state index in [4.69, 9.17) is 23.2 Å². The molecule has 0 saturated heterocycles. The van der Waals surface area contributed by atoms with Gasteiger partial charge in [0.15, 0.2) is 0 Å². The topological polar surface area (TPSA) is 45.8 Å². The number of nitrogens with one attached hydrogen (secondary N) is 1. The summed E-state index contributed by atoms with van der Waals surface area (Å²) in [4.78, 5) is 11.5. The highest BCUT2D eigenvalue weighted by Gasteiger charge is 2.04. The van der Waals surface area contributed by atoms with E-state index in [1.54, 1.807) is 24.3 Å². The van der Waals surface area contributed by atoms with Crippen LogP contribution in [-0.4, -0.2) is 10.2 Å². The molecule has 0 aliphatic carbocycles. The highest BCUT2D eigenvalue weighted by molar-refractivity contribution is 6.30. The number of H-pyrrole nitrogens is 1. The van der Waals surface area contributed by atoms with Gasteiger partial charge >= 0.3 is 0 Å². The first-order valence-electron chi connectivity index (χ1n) is 4.18. The minimum absolute atomic E-state index is 0.220. The van der Waals surface area contributed by atoms with Gasteiger partial charge in [-0.05, 0) is 12.1 Å². The van der Waals surface area contributed by atoms with Gasteiger partial charge in [-0.15, -0.1) is 0 Å². The first-order chi connectivity index (χ1) is 7.16. The highest BCUT2D eigenvalue weighted by Crippen LogP contribution is 2.16. The second-order valence-electron chi connectivity index (χ2n) is 2.94. The number of hydrogen-bond donors (Lipinski definition) is 1. The number of aromatic amines is 1. The molecule has 0 saturated carbocycles. The van der Waals surface area contributed by atoms with E-state index >= 15 is 0 Å². The van der Waals surface area contributed by atoms with Crippen LogP contribution < -0.4 is 5.43 Å². The van der Waals surface area contributed by atoms with Crippen molar-refractivity contribution in [1.29, 1.82) is 0 Å². The minimum Gasteiger partial charge on any atom is -0.287 e.